The number of hydrogen-bond donors (Lipinski definition) is 1. The van der Waals surface area contributed by atoms with Gasteiger partial charge >= 0.3 is 0 Å². The second-order valence-corrected chi connectivity index (χ2v) is 6.17. The zero-order valence-corrected chi connectivity index (χ0v) is 12.2. The van der Waals surface area contributed by atoms with Crippen molar-refractivity contribution in [1.29, 1.82) is 0 Å². The number of fused-ring (bicyclic) bond motifs is 1. The van der Waals surface area contributed by atoms with Crippen molar-refractivity contribution >= 4 is 11.3 Å². The lowest BCUT2D eigenvalue weighted by Crippen LogP contribution is -2.25. The van der Waals surface area contributed by atoms with Gasteiger partial charge in [0, 0.05) is 30.2 Å². The largest absolute Gasteiger partial charge is 0.304 e. The third kappa shape index (κ3) is 2.74. The van der Waals surface area contributed by atoms with E-state index in [0.29, 0.717) is 6.04 Å². The van der Waals surface area contributed by atoms with E-state index in [1.165, 1.54) is 30.5 Å². The molecule has 1 unspecified atom stereocenters. The van der Waals surface area contributed by atoms with E-state index in [4.69, 9.17) is 0 Å². The Labute approximate surface area is 118 Å². The van der Waals surface area contributed by atoms with E-state index in [1.807, 2.05) is 17.5 Å². The topological polar surface area (TPSA) is 29.9 Å². The fourth-order valence-corrected chi connectivity index (χ4v) is 3.84. The SMILES string of the molecule is CCCn1nccc1CNC1CCCc2sccc21. The summed E-state index contributed by atoms with van der Waals surface area (Å²) in [4.78, 5) is 1.57. The van der Waals surface area contributed by atoms with E-state index in [2.05, 4.69) is 39.5 Å². The van der Waals surface area contributed by atoms with Gasteiger partial charge in [-0.15, -0.1) is 11.3 Å². The van der Waals surface area contributed by atoms with Crippen LogP contribution < -0.4 is 5.32 Å². The van der Waals surface area contributed by atoms with Crippen molar-refractivity contribution in [2.24, 2.45) is 0 Å². The molecular formula is C15H21N3S. The zero-order valence-electron chi connectivity index (χ0n) is 11.4. The average molecular weight is 275 g/mol. The van der Waals surface area contributed by atoms with Crippen molar-refractivity contribution in [2.75, 3.05) is 0 Å². The Morgan fingerprint density at radius 2 is 2.42 bits per heavy atom. The number of rotatable bonds is 5. The molecule has 0 saturated carbocycles. The number of thiophene rings is 1. The van der Waals surface area contributed by atoms with Gasteiger partial charge in [-0.2, -0.15) is 5.10 Å². The third-order valence-electron chi connectivity index (χ3n) is 3.82. The molecule has 0 saturated heterocycles. The Bertz CT molecular complexity index is 529. The zero-order chi connectivity index (χ0) is 13.1. The van der Waals surface area contributed by atoms with Gasteiger partial charge in [0.2, 0.25) is 0 Å². The first-order valence-electron chi connectivity index (χ1n) is 7.19. The molecule has 0 fully saturated rings. The van der Waals surface area contributed by atoms with Crippen LogP contribution in [0, 0.1) is 0 Å². The Balaban J connectivity index is 1.66. The molecule has 1 atom stereocenters. The average Bonchev–Trinajstić information content (AvgIpc) is 3.05. The molecule has 0 aromatic carbocycles. The quantitative estimate of drug-likeness (QED) is 0.905. The Morgan fingerprint density at radius 1 is 1.47 bits per heavy atom. The van der Waals surface area contributed by atoms with Gasteiger partial charge in [-0.25, -0.2) is 0 Å². The van der Waals surface area contributed by atoms with Gasteiger partial charge in [0.1, 0.15) is 0 Å². The summed E-state index contributed by atoms with van der Waals surface area (Å²) in [5, 5.41) is 10.3. The molecule has 3 rings (SSSR count). The molecule has 2 aromatic rings. The number of aryl methyl sites for hydroxylation is 2. The number of aromatic nitrogens is 2. The standard InChI is InChI=1S/C15H21N3S/c1-2-9-18-12(6-8-17-18)11-16-14-4-3-5-15-13(14)7-10-19-15/h6-8,10,14,16H,2-5,9,11H2,1H3. The van der Waals surface area contributed by atoms with Crippen LogP contribution in [0.1, 0.15) is 48.4 Å². The smallest absolute Gasteiger partial charge is 0.0522 e. The lowest BCUT2D eigenvalue weighted by molar-refractivity contribution is 0.447. The number of hydrogen-bond acceptors (Lipinski definition) is 3. The summed E-state index contributed by atoms with van der Waals surface area (Å²) in [6.45, 7) is 4.12. The summed E-state index contributed by atoms with van der Waals surface area (Å²) < 4.78 is 2.12. The van der Waals surface area contributed by atoms with Gasteiger partial charge in [0.15, 0.2) is 0 Å². The molecule has 2 heterocycles. The van der Waals surface area contributed by atoms with Gasteiger partial charge in [0.05, 0.1) is 5.69 Å². The van der Waals surface area contributed by atoms with Crippen LogP contribution >= 0.6 is 11.3 Å². The molecule has 0 spiro atoms. The van der Waals surface area contributed by atoms with Crippen molar-refractivity contribution in [3.8, 4) is 0 Å². The van der Waals surface area contributed by atoms with Crippen LogP contribution in [0.4, 0.5) is 0 Å². The predicted octanol–water partition coefficient (Wildman–Crippen LogP) is 3.52. The molecule has 4 heteroatoms. The summed E-state index contributed by atoms with van der Waals surface area (Å²) in [6.07, 6.45) is 6.86. The van der Waals surface area contributed by atoms with Crippen molar-refractivity contribution in [3.05, 3.63) is 39.8 Å². The van der Waals surface area contributed by atoms with Gasteiger partial charge in [0.25, 0.3) is 0 Å². The molecular weight excluding hydrogens is 254 g/mol. The summed E-state index contributed by atoms with van der Waals surface area (Å²) in [6, 6.07) is 4.94. The van der Waals surface area contributed by atoms with Crippen LogP contribution in [0.3, 0.4) is 0 Å². The van der Waals surface area contributed by atoms with Crippen molar-refractivity contribution in [3.63, 3.8) is 0 Å². The fraction of sp³-hybridized carbons (Fsp3) is 0.533. The predicted molar refractivity (Wildman–Crippen MR) is 79.4 cm³/mol. The lowest BCUT2D eigenvalue weighted by atomic mass is 9.94. The summed E-state index contributed by atoms with van der Waals surface area (Å²) in [5.41, 5.74) is 2.82. The van der Waals surface area contributed by atoms with Crippen molar-refractivity contribution in [2.45, 2.75) is 51.7 Å². The van der Waals surface area contributed by atoms with E-state index < -0.39 is 0 Å². The fourth-order valence-electron chi connectivity index (χ4n) is 2.85. The van der Waals surface area contributed by atoms with Gasteiger partial charge in [-0.1, -0.05) is 6.92 Å². The van der Waals surface area contributed by atoms with Crippen molar-refractivity contribution < 1.29 is 0 Å². The third-order valence-corrected chi connectivity index (χ3v) is 4.82. The molecule has 3 nitrogen and oxygen atoms in total. The molecule has 1 N–H and O–H groups in total. The molecule has 0 radical (unpaired) electrons. The summed E-state index contributed by atoms with van der Waals surface area (Å²) in [7, 11) is 0. The van der Waals surface area contributed by atoms with Crippen LogP contribution in [0.5, 0.6) is 0 Å². The van der Waals surface area contributed by atoms with Crippen LogP contribution in [-0.4, -0.2) is 9.78 Å². The molecule has 0 bridgehead atoms. The van der Waals surface area contributed by atoms with Gasteiger partial charge < -0.3 is 5.32 Å². The van der Waals surface area contributed by atoms with Crippen molar-refractivity contribution in [1.82, 2.24) is 15.1 Å². The Kier molecular flexibility index (Phi) is 3.99. The molecule has 0 amide bonds. The highest BCUT2D eigenvalue weighted by molar-refractivity contribution is 7.10. The minimum Gasteiger partial charge on any atom is -0.304 e. The Hall–Kier alpha value is -1.13. The minimum absolute atomic E-state index is 0.528. The highest BCUT2D eigenvalue weighted by atomic mass is 32.1. The molecule has 1 aliphatic carbocycles. The molecule has 102 valence electrons. The van der Waals surface area contributed by atoms with E-state index >= 15 is 0 Å². The highest BCUT2D eigenvalue weighted by Gasteiger charge is 2.20. The second kappa shape index (κ2) is 5.88. The minimum atomic E-state index is 0.528. The molecule has 0 aliphatic heterocycles. The monoisotopic (exact) mass is 275 g/mol. The van der Waals surface area contributed by atoms with E-state index in [-0.39, 0.29) is 0 Å². The molecule has 19 heavy (non-hydrogen) atoms. The number of nitrogens with one attached hydrogen (secondary N) is 1. The maximum atomic E-state index is 4.38. The first-order chi connectivity index (χ1) is 9.38. The van der Waals surface area contributed by atoms with Crippen LogP contribution in [0.25, 0.3) is 0 Å². The normalized spacial score (nSPS) is 18.5. The first kappa shape index (κ1) is 12.9. The van der Waals surface area contributed by atoms with E-state index in [9.17, 15) is 0 Å². The maximum absolute atomic E-state index is 4.38. The Morgan fingerprint density at radius 3 is 3.32 bits per heavy atom. The lowest BCUT2D eigenvalue weighted by Gasteiger charge is -2.24. The summed E-state index contributed by atoms with van der Waals surface area (Å²) in [5.74, 6) is 0. The van der Waals surface area contributed by atoms with E-state index in [1.54, 1.807) is 4.88 Å². The van der Waals surface area contributed by atoms with Gasteiger partial charge in [-0.3, -0.25) is 4.68 Å². The number of nitrogens with zero attached hydrogens (tertiary/aromatic N) is 2. The highest BCUT2D eigenvalue weighted by Crippen LogP contribution is 2.33. The van der Waals surface area contributed by atoms with E-state index in [0.717, 1.165) is 19.5 Å². The van der Waals surface area contributed by atoms with Crippen LogP contribution in [-0.2, 0) is 19.5 Å². The van der Waals surface area contributed by atoms with Crippen LogP contribution in [0.2, 0.25) is 0 Å². The second-order valence-electron chi connectivity index (χ2n) is 5.17. The van der Waals surface area contributed by atoms with Gasteiger partial charge in [-0.05, 0) is 48.8 Å². The van der Waals surface area contributed by atoms with Crippen LogP contribution in [0.15, 0.2) is 23.7 Å². The maximum Gasteiger partial charge on any atom is 0.0522 e. The first-order valence-corrected chi connectivity index (χ1v) is 8.06. The molecule has 1 aliphatic rings. The summed E-state index contributed by atoms with van der Waals surface area (Å²) >= 11 is 1.91. The molecule has 2 aromatic heterocycles.